The Morgan fingerprint density at radius 2 is 2.12 bits per heavy atom. The van der Waals surface area contributed by atoms with Gasteiger partial charge in [-0.15, -0.1) is 5.10 Å². The molecule has 1 saturated carbocycles. The van der Waals surface area contributed by atoms with E-state index in [1.54, 1.807) is 0 Å². The number of rotatable bonds is 4. The topological polar surface area (TPSA) is 71.8 Å². The number of carbonyl (C=O) groups is 1. The number of anilines is 1. The van der Waals surface area contributed by atoms with Crippen LogP contribution in [0.1, 0.15) is 25.3 Å². The van der Waals surface area contributed by atoms with Crippen LogP contribution in [0.4, 0.5) is 23.8 Å². The molecule has 24 heavy (non-hydrogen) atoms. The molecule has 2 heterocycles. The first-order valence-electron chi connectivity index (χ1n) is 7.50. The molecule has 0 aliphatic heterocycles. The van der Waals surface area contributed by atoms with E-state index in [1.807, 2.05) is 6.92 Å². The lowest BCUT2D eigenvalue weighted by Gasteiger charge is -2.12. The third-order valence-electron chi connectivity index (χ3n) is 3.83. The molecule has 9 heteroatoms. The fraction of sp³-hybridized carbons (Fsp3) is 0.400. The van der Waals surface area contributed by atoms with Crippen LogP contribution < -0.4 is 10.6 Å². The molecule has 0 bridgehead atoms. The van der Waals surface area contributed by atoms with Crippen molar-refractivity contribution in [1.82, 2.24) is 20.1 Å². The van der Waals surface area contributed by atoms with Crippen LogP contribution in [0.2, 0.25) is 0 Å². The third-order valence-corrected chi connectivity index (χ3v) is 3.83. The second kappa shape index (κ2) is 6.14. The number of amides is 2. The second-order valence-corrected chi connectivity index (χ2v) is 5.77. The maximum Gasteiger partial charge on any atom is 0.416 e. The smallest absolute Gasteiger partial charge is 0.335 e. The first-order chi connectivity index (χ1) is 11.3. The Hall–Kier alpha value is -2.58. The highest BCUT2D eigenvalue weighted by molar-refractivity contribution is 5.88. The van der Waals surface area contributed by atoms with Gasteiger partial charge in [0.25, 0.3) is 0 Å². The van der Waals surface area contributed by atoms with Crippen molar-refractivity contribution < 1.29 is 18.0 Å². The SMILES string of the molecule is C[C@H](NC(=O)Nc1ccn(-c2cc(C(F)(F)F)ccn2)n1)C1CC1. The molecule has 0 unspecified atom stereocenters. The number of urea groups is 1. The van der Waals surface area contributed by atoms with Crippen molar-refractivity contribution in [2.75, 3.05) is 5.32 Å². The molecule has 0 radical (unpaired) electrons. The molecule has 1 aliphatic rings. The van der Waals surface area contributed by atoms with Gasteiger partial charge in [0, 0.05) is 24.5 Å². The molecule has 2 amide bonds. The van der Waals surface area contributed by atoms with E-state index in [9.17, 15) is 18.0 Å². The maximum absolute atomic E-state index is 12.7. The molecule has 2 aromatic heterocycles. The van der Waals surface area contributed by atoms with E-state index >= 15 is 0 Å². The Bertz CT molecular complexity index is 739. The third kappa shape index (κ3) is 3.84. The van der Waals surface area contributed by atoms with Gasteiger partial charge in [0.15, 0.2) is 11.6 Å². The molecule has 0 spiro atoms. The normalized spacial score (nSPS) is 15.8. The van der Waals surface area contributed by atoms with Gasteiger partial charge in [-0.1, -0.05) is 0 Å². The highest BCUT2D eigenvalue weighted by Gasteiger charge is 2.31. The number of hydrogen-bond acceptors (Lipinski definition) is 3. The van der Waals surface area contributed by atoms with E-state index in [-0.39, 0.29) is 17.7 Å². The van der Waals surface area contributed by atoms with Crippen molar-refractivity contribution in [2.45, 2.75) is 32.0 Å². The standard InChI is InChI=1S/C15H16F3N5O/c1-9(10-2-3-10)20-14(24)21-12-5-7-23(22-12)13-8-11(4-6-19-13)15(16,17)18/h4-10H,2-3H2,1H3,(H2,20,21,22,24)/t9-/m0/s1. The summed E-state index contributed by atoms with van der Waals surface area (Å²) in [5.74, 6) is 0.766. The van der Waals surface area contributed by atoms with E-state index in [0.29, 0.717) is 5.92 Å². The minimum Gasteiger partial charge on any atom is -0.335 e. The van der Waals surface area contributed by atoms with Gasteiger partial charge in [0.2, 0.25) is 0 Å². The molecular weight excluding hydrogens is 323 g/mol. The summed E-state index contributed by atoms with van der Waals surface area (Å²) in [6.45, 7) is 1.93. The van der Waals surface area contributed by atoms with Crippen LogP contribution in [-0.4, -0.2) is 26.8 Å². The Balaban J connectivity index is 1.68. The van der Waals surface area contributed by atoms with Gasteiger partial charge < -0.3 is 5.32 Å². The summed E-state index contributed by atoms with van der Waals surface area (Å²) in [5, 5.41) is 9.39. The van der Waals surface area contributed by atoms with Crippen LogP contribution in [0.5, 0.6) is 0 Å². The summed E-state index contributed by atoms with van der Waals surface area (Å²) < 4.78 is 39.4. The van der Waals surface area contributed by atoms with Crippen molar-refractivity contribution in [2.24, 2.45) is 5.92 Å². The molecule has 1 fully saturated rings. The van der Waals surface area contributed by atoms with Crippen LogP contribution >= 0.6 is 0 Å². The van der Waals surface area contributed by atoms with Gasteiger partial charge in [-0.2, -0.15) is 13.2 Å². The first-order valence-corrected chi connectivity index (χ1v) is 7.50. The van der Waals surface area contributed by atoms with Gasteiger partial charge in [-0.3, -0.25) is 5.32 Å². The summed E-state index contributed by atoms with van der Waals surface area (Å²) in [7, 11) is 0. The lowest BCUT2D eigenvalue weighted by molar-refractivity contribution is -0.137. The molecule has 2 aromatic rings. The fourth-order valence-corrected chi connectivity index (χ4v) is 2.31. The second-order valence-electron chi connectivity index (χ2n) is 5.77. The summed E-state index contributed by atoms with van der Waals surface area (Å²) in [5.41, 5.74) is -0.812. The number of nitrogens with one attached hydrogen (secondary N) is 2. The fourth-order valence-electron chi connectivity index (χ4n) is 2.31. The van der Waals surface area contributed by atoms with E-state index in [0.717, 1.165) is 31.2 Å². The summed E-state index contributed by atoms with van der Waals surface area (Å²) in [6, 6.07) is 2.96. The molecule has 0 aromatic carbocycles. The summed E-state index contributed by atoms with van der Waals surface area (Å²) >= 11 is 0. The van der Waals surface area contributed by atoms with E-state index in [2.05, 4.69) is 20.7 Å². The van der Waals surface area contributed by atoms with Gasteiger partial charge in [-0.25, -0.2) is 14.5 Å². The zero-order valence-electron chi connectivity index (χ0n) is 12.8. The van der Waals surface area contributed by atoms with Crippen LogP contribution in [0.25, 0.3) is 5.82 Å². The maximum atomic E-state index is 12.7. The minimum atomic E-state index is -4.45. The molecular formula is C15H16F3N5O. The number of pyridine rings is 1. The van der Waals surface area contributed by atoms with Crippen LogP contribution in [0, 0.1) is 5.92 Å². The lowest BCUT2D eigenvalue weighted by atomic mass is 10.2. The van der Waals surface area contributed by atoms with Gasteiger partial charge in [0.05, 0.1) is 5.56 Å². The van der Waals surface area contributed by atoms with Crippen LogP contribution in [0.3, 0.4) is 0 Å². The molecule has 0 saturated heterocycles. The quantitative estimate of drug-likeness (QED) is 0.898. The molecule has 1 atom stereocenters. The predicted octanol–water partition coefficient (Wildman–Crippen LogP) is 3.21. The highest BCUT2D eigenvalue weighted by atomic mass is 19.4. The average molecular weight is 339 g/mol. The Labute approximate surface area is 136 Å². The number of carbonyl (C=O) groups excluding carboxylic acids is 1. The number of alkyl halides is 3. The molecule has 2 N–H and O–H groups in total. The van der Waals surface area contributed by atoms with Crippen LogP contribution in [-0.2, 0) is 6.18 Å². The van der Waals surface area contributed by atoms with Crippen LogP contribution in [0.15, 0.2) is 30.6 Å². The van der Waals surface area contributed by atoms with Crippen molar-refractivity contribution in [1.29, 1.82) is 0 Å². The zero-order chi connectivity index (χ0) is 17.3. The monoisotopic (exact) mass is 339 g/mol. The van der Waals surface area contributed by atoms with Gasteiger partial charge in [-0.05, 0) is 37.8 Å². The van der Waals surface area contributed by atoms with Crippen molar-refractivity contribution in [3.05, 3.63) is 36.2 Å². The summed E-state index contributed by atoms with van der Waals surface area (Å²) in [4.78, 5) is 15.7. The molecule has 128 valence electrons. The number of halogens is 3. The lowest BCUT2D eigenvalue weighted by Crippen LogP contribution is -2.37. The van der Waals surface area contributed by atoms with Gasteiger partial charge >= 0.3 is 12.2 Å². The Morgan fingerprint density at radius 3 is 2.79 bits per heavy atom. The average Bonchev–Trinajstić information content (AvgIpc) is 3.27. The van der Waals surface area contributed by atoms with Crippen molar-refractivity contribution >= 4 is 11.8 Å². The van der Waals surface area contributed by atoms with E-state index in [4.69, 9.17) is 0 Å². The molecule has 3 rings (SSSR count). The molecule has 6 nitrogen and oxygen atoms in total. The molecule has 1 aliphatic carbocycles. The van der Waals surface area contributed by atoms with Gasteiger partial charge in [0.1, 0.15) is 0 Å². The Kier molecular flexibility index (Phi) is 4.16. The number of aromatic nitrogens is 3. The van der Waals surface area contributed by atoms with Crippen molar-refractivity contribution in [3.63, 3.8) is 0 Å². The van der Waals surface area contributed by atoms with E-state index < -0.39 is 17.8 Å². The number of nitrogens with zero attached hydrogens (tertiary/aromatic N) is 3. The Morgan fingerprint density at radius 1 is 1.38 bits per heavy atom. The number of hydrogen-bond donors (Lipinski definition) is 2. The predicted molar refractivity (Wildman–Crippen MR) is 80.7 cm³/mol. The minimum absolute atomic E-state index is 0.0182. The highest BCUT2D eigenvalue weighted by Crippen LogP contribution is 2.32. The summed E-state index contributed by atoms with van der Waals surface area (Å²) in [6.07, 6.45) is 0.263. The largest absolute Gasteiger partial charge is 0.416 e. The van der Waals surface area contributed by atoms with Crippen molar-refractivity contribution in [3.8, 4) is 5.82 Å². The first kappa shape index (κ1) is 16.3. The van der Waals surface area contributed by atoms with E-state index in [1.165, 1.54) is 16.9 Å². The zero-order valence-corrected chi connectivity index (χ0v) is 12.8.